The third-order valence-corrected chi connectivity index (χ3v) is 17.2. The van der Waals surface area contributed by atoms with Crippen LogP contribution < -0.4 is 31.7 Å². The molecule has 11 rings (SSSR count). The fraction of sp³-hybridized carbons (Fsp3) is 0.200. The van der Waals surface area contributed by atoms with E-state index in [-0.39, 0.29) is 0 Å². The molecular formula is C50H48N4O8P4. The Kier molecular flexibility index (Phi) is 11.5. The molecule has 0 saturated carbocycles. The van der Waals surface area contributed by atoms with Crippen LogP contribution in [0.25, 0.3) is 44.0 Å². The van der Waals surface area contributed by atoms with Gasteiger partial charge >= 0.3 is 34.1 Å². The van der Waals surface area contributed by atoms with Gasteiger partial charge < -0.3 is 36.2 Å². The molecule has 4 aliphatic rings. The number of rotatable bonds is 4. The Morgan fingerprint density at radius 3 is 1.21 bits per heavy atom. The fourth-order valence-electron chi connectivity index (χ4n) is 8.41. The van der Waals surface area contributed by atoms with Gasteiger partial charge in [-0.15, -0.1) is 0 Å². The molecule has 3 heterocycles. The zero-order chi connectivity index (χ0) is 45.4. The zero-order valence-electron chi connectivity index (χ0n) is 37.8. The van der Waals surface area contributed by atoms with Crippen LogP contribution >= 0.6 is 34.1 Å². The first-order valence-corrected chi connectivity index (χ1v) is 26.0. The molecular weight excluding hydrogens is 908 g/mol. The van der Waals surface area contributed by atoms with Crippen LogP contribution in [-0.2, 0) is 17.4 Å². The van der Waals surface area contributed by atoms with E-state index < -0.39 is 34.1 Å². The SMILES string of the molecule is CN(C)P1Oc2ccc3ccc4c(c3c2)CC2=C(C=Cc3ccc(c2c3)OP(N(C)C)Oc2ccc3ccc5c(c3c2)Cc2c(ccc3ccc(cc23)O1)OP(N(C)C)O5)OP(N(C)C)O4. The Morgan fingerprint density at radius 1 is 0.364 bits per heavy atom. The average molecular weight is 957 g/mol. The molecule has 3 aliphatic heterocycles. The van der Waals surface area contributed by atoms with Gasteiger partial charge in [0.05, 0.1) is 0 Å². The first-order valence-electron chi connectivity index (χ1n) is 21.5. The molecule has 7 aromatic carbocycles. The minimum atomic E-state index is -1.66. The zero-order valence-corrected chi connectivity index (χ0v) is 41.4. The van der Waals surface area contributed by atoms with Crippen molar-refractivity contribution in [2.75, 3.05) is 56.4 Å². The summed E-state index contributed by atoms with van der Waals surface area (Å²) in [7, 11) is 9.50. The highest BCUT2D eigenvalue weighted by Crippen LogP contribution is 2.55. The van der Waals surface area contributed by atoms with Gasteiger partial charge in [0.2, 0.25) is 0 Å². The molecule has 0 aromatic heterocycles. The molecule has 66 heavy (non-hydrogen) atoms. The minimum absolute atomic E-state index is 0.491. The minimum Gasteiger partial charge on any atom is -0.427 e. The quantitative estimate of drug-likeness (QED) is 0.157. The maximum absolute atomic E-state index is 7.04. The van der Waals surface area contributed by atoms with Crippen molar-refractivity contribution >= 4 is 78.1 Å². The standard InChI is InChI=1S/C50H48N4O8P4/c1-51(2)63-55-35-17-11-32-14-22-48-42(38(32)26-35)29-43-39-28-37(19-13-33(39)15-23-49(43)61-66(60-48)54(7)8)57-64(52(3)4)58-46-20-9-31-10-21-47-45(41(46)25-31)30-44-40-27-36(56-63)18-12-34(40)16-24-50(44)62-65(59-47)53(5)6/h9-28H,29-30H2,1-8H3. The van der Waals surface area contributed by atoms with Crippen molar-refractivity contribution in [1.82, 2.24) is 18.7 Å². The molecule has 16 heteroatoms. The molecule has 336 valence electrons. The number of hydrogen-bond donors (Lipinski definition) is 0. The first-order chi connectivity index (χ1) is 31.9. The number of fused-ring (bicyclic) bond motifs is 4. The average Bonchev–Trinajstić information content (AvgIpc) is 3.40. The van der Waals surface area contributed by atoms with E-state index in [1.807, 2.05) is 111 Å². The van der Waals surface area contributed by atoms with Gasteiger partial charge in [-0.3, -0.25) is 0 Å². The summed E-state index contributed by atoms with van der Waals surface area (Å²) in [6, 6.07) is 37.4. The molecule has 1 aliphatic carbocycles. The summed E-state index contributed by atoms with van der Waals surface area (Å²) in [6.45, 7) is 0. The number of benzene rings is 7. The fourth-order valence-corrected chi connectivity index (χ4v) is 12.4. The van der Waals surface area contributed by atoms with Crippen molar-refractivity contribution in [2.24, 2.45) is 0 Å². The van der Waals surface area contributed by atoms with Gasteiger partial charge in [0, 0.05) is 40.7 Å². The monoisotopic (exact) mass is 956 g/mol. The Hall–Kier alpha value is -5.24. The van der Waals surface area contributed by atoms with E-state index in [1.165, 1.54) is 0 Å². The van der Waals surface area contributed by atoms with E-state index in [9.17, 15) is 0 Å². The molecule has 7 aromatic rings. The van der Waals surface area contributed by atoms with Crippen LogP contribution in [0.4, 0.5) is 0 Å². The van der Waals surface area contributed by atoms with Crippen LogP contribution in [0.2, 0.25) is 0 Å². The lowest BCUT2D eigenvalue weighted by molar-refractivity contribution is 0.362. The molecule has 4 atom stereocenters. The summed E-state index contributed by atoms with van der Waals surface area (Å²) >= 11 is 0. The van der Waals surface area contributed by atoms with Crippen molar-refractivity contribution in [2.45, 2.75) is 12.8 Å². The van der Waals surface area contributed by atoms with E-state index in [0.29, 0.717) is 35.8 Å². The largest absolute Gasteiger partial charge is 0.427 e. The Balaban J connectivity index is 1.13. The van der Waals surface area contributed by atoms with Gasteiger partial charge in [-0.25, -0.2) is 18.7 Å². The van der Waals surface area contributed by atoms with Crippen LogP contribution in [0, 0.1) is 0 Å². The maximum atomic E-state index is 7.04. The third kappa shape index (κ3) is 8.19. The van der Waals surface area contributed by atoms with Gasteiger partial charge in [-0.1, -0.05) is 48.5 Å². The summed E-state index contributed by atoms with van der Waals surface area (Å²) in [5.74, 6) is 5.71. The van der Waals surface area contributed by atoms with Crippen LogP contribution in [-0.4, -0.2) is 75.1 Å². The Bertz CT molecular complexity index is 3140. The predicted molar refractivity (Wildman–Crippen MR) is 269 cm³/mol. The second-order valence-electron chi connectivity index (χ2n) is 17.1. The number of nitrogens with zero attached hydrogens (tertiary/aromatic N) is 4. The lowest BCUT2D eigenvalue weighted by Crippen LogP contribution is -2.16. The summed E-state index contributed by atoms with van der Waals surface area (Å²) < 4.78 is 62.6. The van der Waals surface area contributed by atoms with Crippen molar-refractivity contribution in [3.8, 4) is 40.2 Å². The number of hydrogen-bond acceptors (Lipinski definition) is 12. The summed E-state index contributed by atoms with van der Waals surface area (Å²) in [4.78, 5) is 0. The van der Waals surface area contributed by atoms with Crippen LogP contribution in [0.5, 0.6) is 40.2 Å². The molecule has 0 saturated heterocycles. The maximum Gasteiger partial charge on any atom is 0.384 e. The molecule has 0 spiro atoms. The Morgan fingerprint density at radius 2 is 0.742 bits per heavy atom. The van der Waals surface area contributed by atoms with Gasteiger partial charge in [0.25, 0.3) is 0 Å². The summed E-state index contributed by atoms with van der Waals surface area (Å²) in [5, 5.41) is 6.23. The van der Waals surface area contributed by atoms with E-state index in [2.05, 4.69) is 84.9 Å². The molecule has 12 nitrogen and oxygen atoms in total. The van der Waals surface area contributed by atoms with Gasteiger partial charge in [-0.05, 0) is 167 Å². The third-order valence-electron chi connectivity index (χ3n) is 11.7. The smallest absolute Gasteiger partial charge is 0.384 e. The van der Waals surface area contributed by atoms with Crippen molar-refractivity contribution in [3.63, 3.8) is 0 Å². The molecule has 0 radical (unpaired) electrons. The van der Waals surface area contributed by atoms with Crippen LogP contribution in [0.15, 0.2) is 121 Å². The van der Waals surface area contributed by atoms with E-state index in [1.54, 1.807) is 0 Å². The van der Waals surface area contributed by atoms with Crippen molar-refractivity contribution < 1.29 is 36.2 Å². The molecule has 0 fully saturated rings. The highest BCUT2D eigenvalue weighted by atomic mass is 31.2. The van der Waals surface area contributed by atoms with Gasteiger partial charge in [-0.2, -0.15) is 0 Å². The van der Waals surface area contributed by atoms with E-state index >= 15 is 0 Å². The summed E-state index contributed by atoms with van der Waals surface area (Å²) in [6.07, 6.45) is 5.15. The second kappa shape index (κ2) is 17.4. The van der Waals surface area contributed by atoms with Crippen molar-refractivity contribution in [3.05, 3.63) is 149 Å². The van der Waals surface area contributed by atoms with Gasteiger partial charge in [0.15, 0.2) is 0 Å². The highest BCUT2D eigenvalue weighted by molar-refractivity contribution is 7.46. The molecule has 4 unspecified atom stereocenters. The Labute approximate surface area is 389 Å². The van der Waals surface area contributed by atoms with Crippen LogP contribution in [0.3, 0.4) is 0 Å². The van der Waals surface area contributed by atoms with Gasteiger partial charge in [0.1, 0.15) is 46.0 Å². The van der Waals surface area contributed by atoms with Crippen molar-refractivity contribution in [1.29, 1.82) is 0 Å². The first kappa shape index (κ1) is 43.3. The molecule has 0 N–H and O–H groups in total. The lowest BCUT2D eigenvalue weighted by Gasteiger charge is -2.30. The predicted octanol–water partition coefficient (Wildman–Crippen LogP) is 13.3. The second-order valence-corrected chi connectivity index (χ2v) is 23.7. The molecule has 12 bridgehead atoms. The number of allylic oxidation sites excluding steroid dienone is 2. The summed E-state index contributed by atoms with van der Waals surface area (Å²) in [5.41, 5.74) is 6.01. The normalized spacial score (nSPS) is 19.9. The van der Waals surface area contributed by atoms with E-state index in [4.69, 9.17) is 36.2 Å². The van der Waals surface area contributed by atoms with Crippen LogP contribution in [0.1, 0.15) is 27.8 Å². The highest BCUT2D eigenvalue weighted by Gasteiger charge is 2.32. The molecule has 0 amide bonds. The topological polar surface area (TPSA) is 86.8 Å². The lowest BCUT2D eigenvalue weighted by atomic mass is 9.92. The van der Waals surface area contributed by atoms with E-state index in [0.717, 1.165) is 88.7 Å².